The van der Waals surface area contributed by atoms with Crippen LogP contribution in [0.25, 0.3) is 0 Å². The number of benzene rings is 1. The standard InChI is InChI=1S/C35H47BN4O8S/c1-31(2,3)28(29(41)42)40(30(43)46-32(4,5)6)26-15-13-14-25(39-26)35(37,49(44,45)27-16-11-12-21-38-27)22-23-17-19-24(20-18-23)36-47-33(7,8)34(9,10)48-36/h11-21,28H,22,37H2,1-10H3,(H,41,42). The number of hydrogen-bond donors (Lipinski definition) is 2. The minimum atomic E-state index is -4.46. The van der Waals surface area contributed by atoms with Gasteiger partial charge in [0, 0.05) is 12.6 Å². The fourth-order valence-corrected chi connectivity index (χ4v) is 6.97. The summed E-state index contributed by atoms with van der Waals surface area (Å²) in [5.74, 6) is -1.44. The molecule has 0 spiro atoms. The minimum absolute atomic E-state index is 0.128. The van der Waals surface area contributed by atoms with Crippen molar-refractivity contribution in [3.05, 3.63) is 78.1 Å². The zero-order valence-electron chi connectivity index (χ0n) is 29.8. The third-order valence-electron chi connectivity index (χ3n) is 8.68. The van der Waals surface area contributed by atoms with Gasteiger partial charge in [0.2, 0.25) is 9.84 Å². The molecule has 0 radical (unpaired) electrons. The van der Waals surface area contributed by atoms with Gasteiger partial charge < -0.3 is 24.9 Å². The molecule has 2 atom stereocenters. The Morgan fingerprint density at radius 1 is 0.939 bits per heavy atom. The van der Waals surface area contributed by atoms with Gasteiger partial charge in [-0.3, -0.25) is 0 Å². The first kappa shape index (κ1) is 38.0. The monoisotopic (exact) mass is 694 g/mol. The number of carboxylic acids is 1. The van der Waals surface area contributed by atoms with E-state index < -0.39 is 62.1 Å². The second-order valence-electron chi connectivity index (χ2n) is 15.4. The van der Waals surface area contributed by atoms with Gasteiger partial charge >= 0.3 is 19.2 Å². The molecule has 2 unspecified atom stereocenters. The van der Waals surface area contributed by atoms with Crippen LogP contribution < -0.4 is 16.1 Å². The Kier molecular flexibility index (Phi) is 10.2. The van der Waals surface area contributed by atoms with E-state index in [0.717, 1.165) is 10.4 Å². The van der Waals surface area contributed by atoms with Crippen LogP contribution in [0.3, 0.4) is 0 Å². The van der Waals surface area contributed by atoms with Gasteiger partial charge in [-0.25, -0.2) is 32.9 Å². The molecule has 14 heteroatoms. The van der Waals surface area contributed by atoms with Crippen molar-refractivity contribution in [2.75, 3.05) is 4.90 Å². The molecular formula is C35H47BN4O8S. The van der Waals surface area contributed by atoms with Gasteiger partial charge in [-0.05, 0) is 89.2 Å². The van der Waals surface area contributed by atoms with Crippen LogP contribution in [0.15, 0.2) is 71.9 Å². The summed E-state index contributed by atoms with van der Waals surface area (Å²) in [5.41, 5.74) is 5.09. The van der Waals surface area contributed by atoms with Crippen molar-refractivity contribution in [3.63, 3.8) is 0 Å². The molecule has 1 aromatic carbocycles. The van der Waals surface area contributed by atoms with E-state index in [1.807, 2.05) is 27.7 Å². The van der Waals surface area contributed by atoms with Gasteiger partial charge in [-0.15, -0.1) is 0 Å². The summed E-state index contributed by atoms with van der Waals surface area (Å²) in [6.07, 6.45) is 0.134. The smallest absolute Gasteiger partial charge is 0.480 e. The van der Waals surface area contributed by atoms with E-state index in [1.54, 1.807) is 71.9 Å². The lowest BCUT2D eigenvalue weighted by molar-refractivity contribution is -0.141. The van der Waals surface area contributed by atoms with Crippen LogP contribution in [0.2, 0.25) is 0 Å². The van der Waals surface area contributed by atoms with Crippen LogP contribution in [0.5, 0.6) is 0 Å². The average molecular weight is 695 g/mol. The Hall–Kier alpha value is -3.85. The highest BCUT2D eigenvalue weighted by Crippen LogP contribution is 2.38. The summed E-state index contributed by atoms with van der Waals surface area (Å²) in [6.45, 7) is 17.8. The number of nitrogens with two attached hydrogens (primary N) is 1. The highest BCUT2D eigenvalue weighted by Gasteiger charge is 2.52. The maximum absolute atomic E-state index is 14.4. The highest BCUT2D eigenvalue weighted by molar-refractivity contribution is 7.92. The van der Waals surface area contributed by atoms with Crippen molar-refractivity contribution in [2.24, 2.45) is 11.1 Å². The molecule has 3 N–H and O–H groups in total. The lowest BCUT2D eigenvalue weighted by Crippen LogP contribution is -2.54. The fraction of sp³-hybridized carbons (Fsp3) is 0.486. The Balaban J connectivity index is 1.85. The molecule has 1 fully saturated rings. The number of aliphatic carboxylic acids is 1. The number of hydrogen-bond acceptors (Lipinski definition) is 10. The van der Waals surface area contributed by atoms with Crippen LogP contribution in [-0.2, 0) is 40.0 Å². The van der Waals surface area contributed by atoms with E-state index >= 15 is 0 Å². The Bertz CT molecular complexity index is 1770. The SMILES string of the molecule is CC(C)(C)OC(=O)N(c1cccc(C(N)(Cc2ccc(B3OC(C)(C)C(C)(C)O3)cc2)S(=O)(=O)c2ccccn2)n1)C(C(=O)O)C(C)(C)C. The van der Waals surface area contributed by atoms with Crippen molar-refractivity contribution in [3.8, 4) is 0 Å². The van der Waals surface area contributed by atoms with Crippen LogP contribution in [0.1, 0.15) is 80.5 Å². The zero-order chi connectivity index (χ0) is 36.8. The van der Waals surface area contributed by atoms with Crippen molar-refractivity contribution >= 4 is 40.3 Å². The van der Waals surface area contributed by atoms with Crippen LogP contribution in [0, 0.1) is 5.41 Å². The normalized spacial score (nSPS) is 18.0. The quantitative estimate of drug-likeness (QED) is 0.294. The summed E-state index contributed by atoms with van der Waals surface area (Å²) in [7, 11) is -5.09. The number of pyridine rings is 2. The van der Waals surface area contributed by atoms with Crippen LogP contribution in [0.4, 0.5) is 10.6 Å². The van der Waals surface area contributed by atoms with Gasteiger partial charge in [0.05, 0.1) is 16.9 Å². The molecule has 0 aliphatic carbocycles. The third-order valence-corrected chi connectivity index (χ3v) is 10.8. The Labute approximate surface area is 289 Å². The number of carboxylic acid groups (broad SMARTS) is 1. The lowest BCUT2D eigenvalue weighted by Gasteiger charge is -2.37. The number of nitrogens with zero attached hydrogens (tertiary/aromatic N) is 3. The van der Waals surface area contributed by atoms with Crippen molar-refractivity contribution in [1.29, 1.82) is 0 Å². The lowest BCUT2D eigenvalue weighted by atomic mass is 9.78. The predicted octanol–water partition coefficient (Wildman–Crippen LogP) is 4.84. The number of anilines is 1. The van der Waals surface area contributed by atoms with E-state index in [1.165, 1.54) is 36.5 Å². The molecule has 2 aromatic heterocycles. The number of amides is 1. The first-order chi connectivity index (χ1) is 22.4. The predicted molar refractivity (Wildman–Crippen MR) is 187 cm³/mol. The molecule has 1 saturated heterocycles. The van der Waals surface area contributed by atoms with E-state index in [-0.39, 0.29) is 23.0 Å². The maximum Gasteiger partial charge on any atom is 0.494 e. The minimum Gasteiger partial charge on any atom is -0.480 e. The number of rotatable bonds is 9. The summed E-state index contributed by atoms with van der Waals surface area (Å²) in [5, 5.41) is 10.0. The Morgan fingerprint density at radius 2 is 1.53 bits per heavy atom. The van der Waals surface area contributed by atoms with E-state index in [0.29, 0.717) is 5.56 Å². The number of ether oxygens (including phenoxy) is 1. The van der Waals surface area contributed by atoms with Crippen LogP contribution in [-0.4, -0.2) is 65.5 Å². The Morgan fingerprint density at radius 3 is 2.02 bits per heavy atom. The fourth-order valence-electron chi connectivity index (χ4n) is 5.39. The van der Waals surface area contributed by atoms with Gasteiger partial charge in [0.1, 0.15) is 17.5 Å². The van der Waals surface area contributed by atoms with Crippen molar-refractivity contribution in [1.82, 2.24) is 9.97 Å². The highest BCUT2D eigenvalue weighted by atomic mass is 32.2. The molecule has 1 amide bonds. The number of sulfone groups is 1. The molecule has 1 aliphatic rings. The largest absolute Gasteiger partial charge is 0.494 e. The average Bonchev–Trinajstić information content (AvgIpc) is 3.20. The molecular weight excluding hydrogens is 647 g/mol. The summed E-state index contributed by atoms with van der Waals surface area (Å²) < 4.78 is 46.8. The molecule has 4 rings (SSSR count). The summed E-state index contributed by atoms with van der Waals surface area (Å²) >= 11 is 0. The molecule has 1 aliphatic heterocycles. The molecule has 0 saturated carbocycles. The second kappa shape index (κ2) is 13.1. The maximum atomic E-state index is 14.4. The molecule has 0 bridgehead atoms. The molecule has 264 valence electrons. The number of carbonyl (C=O) groups excluding carboxylic acids is 1. The van der Waals surface area contributed by atoms with Gasteiger partial charge in [0.15, 0.2) is 9.90 Å². The van der Waals surface area contributed by atoms with Crippen molar-refractivity contribution < 1.29 is 37.2 Å². The third kappa shape index (κ3) is 7.82. The van der Waals surface area contributed by atoms with E-state index in [4.69, 9.17) is 19.8 Å². The molecule has 12 nitrogen and oxygen atoms in total. The number of aromatic nitrogens is 2. The second-order valence-corrected chi connectivity index (χ2v) is 17.6. The van der Waals surface area contributed by atoms with E-state index in [9.17, 15) is 23.1 Å². The topological polar surface area (TPSA) is 171 Å². The van der Waals surface area contributed by atoms with Gasteiger partial charge in [-0.1, -0.05) is 57.2 Å². The van der Waals surface area contributed by atoms with Crippen molar-refractivity contribution in [2.45, 2.75) is 108 Å². The van der Waals surface area contributed by atoms with E-state index in [2.05, 4.69) is 9.97 Å². The summed E-state index contributed by atoms with van der Waals surface area (Å²) in [6, 6.07) is 14.4. The first-order valence-corrected chi connectivity index (χ1v) is 17.5. The molecule has 49 heavy (non-hydrogen) atoms. The molecule has 3 heterocycles. The zero-order valence-corrected chi connectivity index (χ0v) is 30.7. The van der Waals surface area contributed by atoms with Gasteiger partial charge in [-0.2, -0.15) is 0 Å². The first-order valence-electron chi connectivity index (χ1n) is 16.0. The van der Waals surface area contributed by atoms with Gasteiger partial charge in [0.25, 0.3) is 0 Å². The van der Waals surface area contributed by atoms with Crippen LogP contribution >= 0.6 is 0 Å². The summed E-state index contributed by atoms with van der Waals surface area (Å²) in [4.78, 5) is 33.7. The number of carbonyl (C=O) groups is 2. The molecule has 3 aromatic rings.